The molecular weight excluding hydrogens is 595 g/mol. The second kappa shape index (κ2) is 10.2. The van der Waals surface area contributed by atoms with Gasteiger partial charge in [-0.2, -0.15) is 0 Å². The number of alkyl halides is 1. The van der Waals surface area contributed by atoms with Crippen LogP contribution in [-0.2, 0) is 12.6 Å². The number of para-hydroxylation sites is 1. The largest absolute Gasteiger partial charge is 0.438 e. The Labute approximate surface area is 234 Å². The Morgan fingerprint density at radius 3 is 2.68 bits per heavy atom. The van der Waals surface area contributed by atoms with Crippen molar-refractivity contribution in [3.8, 4) is 22.8 Å². The normalized spacial score (nSPS) is 19.2. The third kappa shape index (κ3) is 4.51. The summed E-state index contributed by atoms with van der Waals surface area (Å²) >= 11 is 2.31. The number of aryl methyl sites for hydroxylation is 3. The van der Waals surface area contributed by atoms with E-state index in [1.54, 1.807) is 25.5 Å². The van der Waals surface area contributed by atoms with E-state index in [0.717, 1.165) is 24.0 Å². The molecule has 5 rings (SSSR count). The Hall–Kier alpha value is -3.18. The zero-order valence-corrected chi connectivity index (χ0v) is 24.0. The van der Waals surface area contributed by atoms with Crippen LogP contribution in [0.1, 0.15) is 53.4 Å². The highest BCUT2D eigenvalue weighted by molar-refractivity contribution is 14.1. The molecule has 3 N–H and O–H groups in total. The third-order valence-electron chi connectivity index (χ3n) is 7.33. The number of rotatable bonds is 6. The fraction of sp³-hybridized carbons (Fsp3) is 0.345. The van der Waals surface area contributed by atoms with Gasteiger partial charge in [-0.3, -0.25) is 9.59 Å². The smallest absolute Gasteiger partial charge is 0.274 e. The highest BCUT2D eigenvalue weighted by Gasteiger charge is 2.42. The van der Waals surface area contributed by atoms with Gasteiger partial charge >= 0.3 is 0 Å². The lowest BCUT2D eigenvalue weighted by Gasteiger charge is -2.28. The maximum atomic E-state index is 13.1. The number of carbonyl (C=O) groups is 1. The van der Waals surface area contributed by atoms with Crippen LogP contribution < -0.4 is 15.6 Å². The van der Waals surface area contributed by atoms with E-state index in [1.165, 1.54) is 4.57 Å². The van der Waals surface area contributed by atoms with Crippen molar-refractivity contribution < 1.29 is 14.6 Å². The van der Waals surface area contributed by atoms with Crippen LogP contribution in [0.3, 0.4) is 0 Å². The van der Waals surface area contributed by atoms with Gasteiger partial charge in [-0.1, -0.05) is 40.8 Å². The molecule has 3 aromatic heterocycles. The number of aromatic nitrogens is 3. The van der Waals surface area contributed by atoms with E-state index in [2.05, 4.69) is 32.9 Å². The summed E-state index contributed by atoms with van der Waals surface area (Å²) in [5.41, 5.74) is 3.32. The number of amides is 1. The summed E-state index contributed by atoms with van der Waals surface area (Å²) in [6, 6.07) is 9.55. The summed E-state index contributed by atoms with van der Waals surface area (Å²) in [4.78, 5) is 33.4. The van der Waals surface area contributed by atoms with Crippen LogP contribution in [0.25, 0.3) is 22.0 Å². The molecule has 8 nitrogen and oxygen atoms in total. The number of hydrogen-bond donors (Lipinski definition) is 3. The Kier molecular flexibility index (Phi) is 7.08. The van der Waals surface area contributed by atoms with Crippen molar-refractivity contribution in [2.45, 2.75) is 49.6 Å². The SMILES string of the molecule is CCNC(=O)c1cc2c(-c3cc(C4(O)CCCC4I)cnc3Oc3c(C)cccc3C)cn(C)c(=O)c2[nH]1. The number of carbonyl (C=O) groups excluding carboxylic acids is 1. The van der Waals surface area contributed by atoms with Crippen LogP contribution in [0, 0.1) is 13.8 Å². The minimum absolute atomic E-state index is 0.0527. The maximum Gasteiger partial charge on any atom is 0.274 e. The lowest BCUT2D eigenvalue weighted by molar-refractivity contribution is 0.0536. The number of ether oxygens (including phenoxy) is 1. The molecule has 2 unspecified atom stereocenters. The van der Waals surface area contributed by atoms with Crippen molar-refractivity contribution in [3.63, 3.8) is 0 Å². The van der Waals surface area contributed by atoms with Crippen LogP contribution in [0.2, 0.25) is 0 Å². The summed E-state index contributed by atoms with van der Waals surface area (Å²) in [7, 11) is 1.67. The summed E-state index contributed by atoms with van der Waals surface area (Å²) in [6.07, 6.45) is 5.92. The minimum atomic E-state index is -1.01. The average molecular weight is 626 g/mol. The fourth-order valence-corrected chi connectivity index (χ4v) is 6.33. The summed E-state index contributed by atoms with van der Waals surface area (Å²) < 4.78 is 7.98. The number of pyridine rings is 2. The van der Waals surface area contributed by atoms with Gasteiger partial charge in [0.1, 0.15) is 22.6 Å². The number of nitrogens with zero attached hydrogens (tertiary/aromatic N) is 2. The maximum absolute atomic E-state index is 13.1. The van der Waals surface area contributed by atoms with Gasteiger partial charge in [0.25, 0.3) is 11.5 Å². The fourth-order valence-electron chi connectivity index (χ4n) is 5.22. The zero-order chi connectivity index (χ0) is 27.2. The number of H-pyrrole nitrogens is 1. The van der Waals surface area contributed by atoms with E-state index in [1.807, 2.05) is 45.0 Å². The van der Waals surface area contributed by atoms with E-state index < -0.39 is 5.60 Å². The summed E-state index contributed by atoms with van der Waals surface area (Å²) in [6.45, 7) is 6.27. The molecule has 1 aliphatic rings. The molecule has 0 spiro atoms. The first kappa shape index (κ1) is 26.4. The first-order valence-electron chi connectivity index (χ1n) is 12.8. The molecule has 0 saturated heterocycles. The summed E-state index contributed by atoms with van der Waals surface area (Å²) in [5.74, 6) is 0.778. The van der Waals surface area contributed by atoms with Crippen LogP contribution in [0.5, 0.6) is 11.6 Å². The molecule has 4 aromatic rings. The van der Waals surface area contributed by atoms with E-state index in [-0.39, 0.29) is 15.4 Å². The number of nitrogens with one attached hydrogen (secondary N) is 2. The molecule has 2 atom stereocenters. The number of benzene rings is 1. The molecule has 0 radical (unpaired) electrons. The lowest BCUT2D eigenvalue weighted by atomic mass is 9.91. The molecule has 1 aliphatic carbocycles. The quantitative estimate of drug-likeness (QED) is 0.200. The Morgan fingerprint density at radius 2 is 2.03 bits per heavy atom. The van der Waals surface area contributed by atoms with Gasteiger partial charge in [0.05, 0.1) is 0 Å². The molecule has 38 heavy (non-hydrogen) atoms. The van der Waals surface area contributed by atoms with Crippen LogP contribution in [0.4, 0.5) is 0 Å². The number of aliphatic hydroxyl groups is 1. The molecule has 198 valence electrons. The number of aromatic amines is 1. The summed E-state index contributed by atoms with van der Waals surface area (Å²) in [5, 5.41) is 15.0. The lowest BCUT2D eigenvalue weighted by Crippen LogP contribution is -2.30. The predicted molar refractivity (Wildman–Crippen MR) is 156 cm³/mol. The van der Waals surface area contributed by atoms with Crippen LogP contribution in [0.15, 0.2) is 47.5 Å². The highest BCUT2D eigenvalue weighted by Crippen LogP contribution is 2.46. The van der Waals surface area contributed by atoms with E-state index in [0.29, 0.717) is 57.9 Å². The molecule has 0 bridgehead atoms. The van der Waals surface area contributed by atoms with Gasteiger partial charge in [-0.05, 0) is 63.3 Å². The van der Waals surface area contributed by atoms with Crippen LogP contribution >= 0.6 is 22.6 Å². The van der Waals surface area contributed by atoms with E-state index in [4.69, 9.17) is 9.72 Å². The Bertz CT molecular complexity index is 1590. The first-order valence-corrected chi connectivity index (χ1v) is 14.0. The minimum Gasteiger partial charge on any atom is -0.438 e. The molecule has 3 heterocycles. The molecular formula is C29H31IN4O4. The number of halogens is 1. The topological polar surface area (TPSA) is 109 Å². The van der Waals surface area contributed by atoms with Gasteiger partial charge in [0.2, 0.25) is 5.88 Å². The molecule has 1 amide bonds. The van der Waals surface area contributed by atoms with Gasteiger partial charge in [-0.25, -0.2) is 4.98 Å². The Morgan fingerprint density at radius 1 is 1.29 bits per heavy atom. The molecule has 0 aliphatic heterocycles. The van der Waals surface area contributed by atoms with Gasteiger partial charge < -0.3 is 24.7 Å². The van der Waals surface area contributed by atoms with Gasteiger partial charge in [0.15, 0.2) is 0 Å². The third-order valence-corrected chi connectivity index (χ3v) is 8.98. The van der Waals surface area contributed by atoms with E-state index >= 15 is 0 Å². The zero-order valence-electron chi connectivity index (χ0n) is 21.9. The van der Waals surface area contributed by atoms with Crippen molar-refractivity contribution in [1.29, 1.82) is 0 Å². The number of fused-ring (bicyclic) bond motifs is 1. The van der Waals surface area contributed by atoms with Crippen molar-refractivity contribution in [1.82, 2.24) is 19.9 Å². The standard InChI is InChI=1S/C29H31IN4O4/c1-5-31-26(35)22-13-19-21(15-34(4)28(36)24(19)33-22)20-12-18(29(37)11-7-10-23(29)30)14-32-27(20)38-25-16(2)8-6-9-17(25)3/h6,8-9,12-15,23,33,37H,5,7,10-11H2,1-4H3,(H,31,35). The van der Waals surface area contributed by atoms with E-state index in [9.17, 15) is 14.7 Å². The Balaban J connectivity index is 1.77. The average Bonchev–Trinajstić information content (AvgIpc) is 3.49. The first-order chi connectivity index (χ1) is 18.1. The molecule has 1 saturated carbocycles. The predicted octanol–water partition coefficient (Wildman–Crippen LogP) is 5.26. The molecule has 1 fully saturated rings. The van der Waals surface area contributed by atoms with Crippen molar-refractivity contribution in [2.24, 2.45) is 7.05 Å². The van der Waals surface area contributed by atoms with Crippen molar-refractivity contribution >= 4 is 39.4 Å². The molecule has 1 aromatic carbocycles. The second-order valence-electron chi connectivity index (χ2n) is 9.97. The molecule has 9 heteroatoms. The van der Waals surface area contributed by atoms with Crippen molar-refractivity contribution in [2.75, 3.05) is 6.54 Å². The van der Waals surface area contributed by atoms with Crippen molar-refractivity contribution in [3.05, 3.63) is 75.5 Å². The number of hydrogen-bond acceptors (Lipinski definition) is 5. The second-order valence-corrected chi connectivity index (χ2v) is 11.5. The van der Waals surface area contributed by atoms with Crippen LogP contribution in [-0.4, -0.2) is 36.0 Å². The van der Waals surface area contributed by atoms with Gasteiger partial charge in [0, 0.05) is 52.0 Å². The monoisotopic (exact) mass is 626 g/mol. The van der Waals surface area contributed by atoms with Gasteiger partial charge in [-0.15, -0.1) is 0 Å². The highest BCUT2D eigenvalue weighted by atomic mass is 127.